The van der Waals surface area contributed by atoms with E-state index in [1.165, 1.54) is 12.1 Å². The van der Waals surface area contributed by atoms with Gasteiger partial charge in [0, 0.05) is 29.2 Å². The molecule has 19 heavy (non-hydrogen) atoms. The van der Waals surface area contributed by atoms with Crippen LogP contribution in [0.3, 0.4) is 0 Å². The zero-order valence-corrected chi connectivity index (χ0v) is 11.3. The minimum atomic E-state index is -0.437. The maximum absolute atomic E-state index is 10.7. The van der Waals surface area contributed by atoms with Crippen molar-refractivity contribution >= 4 is 29.7 Å². The van der Waals surface area contributed by atoms with Crippen molar-refractivity contribution in [3.05, 3.63) is 51.8 Å². The van der Waals surface area contributed by atoms with E-state index in [9.17, 15) is 10.1 Å². The molecule has 1 heterocycles. The van der Waals surface area contributed by atoms with Crippen LogP contribution in [-0.2, 0) is 0 Å². The number of rotatable bonds is 3. The van der Waals surface area contributed by atoms with Crippen LogP contribution in [0.5, 0.6) is 0 Å². The number of hydrogen-bond acceptors (Lipinski definition) is 5. The number of hydrogen-bond donors (Lipinski definition) is 1. The molecule has 0 spiro atoms. The molecule has 7 heteroatoms. The molecule has 1 N–H and O–H groups in total. The van der Waals surface area contributed by atoms with Crippen molar-refractivity contribution in [1.82, 2.24) is 9.97 Å². The maximum Gasteiger partial charge on any atom is 0.271 e. The zero-order valence-electron chi connectivity index (χ0n) is 10.5. The Bertz CT molecular complexity index is 584. The fraction of sp³-hybridized carbons (Fsp3) is 0.167. The largest absolute Gasteiger partial charge is 0.324 e. The number of nitro groups is 1. The summed E-state index contributed by atoms with van der Waals surface area (Å²) in [4.78, 5) is 18.6. The van der Waals surface area contributed by atoms with Gasteiger partial charge in [-0.15, -0.1) is 12.4 Å². The van der Waals surface area contributed by atoms with Crippen molar-refractivity contribution in [2.45, 2.75) is 13.8 Å². The highest BCUT2D eigenvalue weighted by Crippen LogP contribution is 2.19. The number of benzene rings is 1. The molecule has 2 rings (SSSR count). The molecule has 100 valence electrons. The minimum absolute atomic E-state index is 0. The molecule has 0 atom stereocenters. The fourth-order valence-electron chi connectivity index (χ4n) is 1.61. The monoisotopic (exact) mass is 280 g/mol. The van der Waals surface area contributed by atoms with Gasteiger partial charge in [-0.3, -0.25) is 10.1 Å². The average molecular weight is 281 g/mol. The Morgan fingerprint density at radius 1 is 1.16 bits per heavy atom. The summed E-state index contributed by atoms with van der Waals surface area (Å²) in [5.41, 5.74) is 2.31. The van der Waals surface area contributed by atoms with E-state index in [-0.39, 0.29) is 18.1 Å². The van der Waals surface area contributed by atoms with Gasteiger partial charge in [-0.05, 0) is 26.0 Å². The Labute approximate surface area is 116 Å². The van der Waals surface area contributed by atoms with E-state index in [4.69, 9.17) is 0 Å². The molecular formula is C12H13ClN4O2. The van der Waals surface area contributed by atoms with Gasteiger partial charge in [0.25, 0.3) is 5.69 Å². The maximum atomic E-state index is 10.7. The number of anilines is 2. The summed E-state index contributed by atoms with van der Waals surface area (Å²) in [7, 11) is 0. The summed E-state index contributed by atoms with van der Waals surface area (Å²) < 4.78 is 0. The molecule has 0 amide bonds. The van der Waals surface area contributed by atoms with Gasteiger partial charge < -0.3 is 5.32 Å². The minimum Gasteiger partial charge on any atom is -0.324 e. The molecule has 0 unspecified atom stereocenters. The van der Waals surface area contributed by atoms with E-state index >= 15 is 0 Å². The van der Waals surface area contributed by atoms with Crippen LogP contribution in [0.15, 0.2) is 30.3 Å². The molecule has 0 fully saturated rings. The third-order valence-corrected chi connectivity index (χ3v) is 2.30. The topological polar surface area (TPSA) is 81.0 Å². The number of nitro benzene ring substituents is 1. The van der Waals surface area contributed by atoms with E-state index in [1.807, 2.05) is 19.9 Å². The van der Waals surface area contributed by atoms with Gasteiger partial charge in [-0.1, -0.05) is 6.07 Å². The van der Waals surface area contributed by atoms with Crippen molar-refractivity contribution in [3.63, 3.8) is 0 Å². The molecule has 1 aromatic carbocycles. The SMILES string of the molecule is Cc1cc(C)nc(Nc2cccc([N+](=O)[O-])c2)n1.Cl. The second kappa shape index (κ2) is 6.10. The lowest BCUT2D eigenvalue weighted by molar-refractivity contribution is -0.384. The average Bonchev–Trinajstić information content (AvgIpc) is 2.27. The van der Waals surface area contributed by atoms with Gasteiger partial charge in [-0.25, -0.2) is 9.97 Å². The van der Waals surface area contributed by atoms with Crippen LogP contribution in [0.4, 0.5) is 17.3 Å². The predicted molar refractivity (Wildman–Crippen MR) is 75.1 cm³/mol. The number of non-ortho nitro benzene ring substituents is 1. The zero-order chi connectivity index (χ0) is 13.1. The smallest absolute Gasteiger partial charge is 0.271 e. The van der Waals surface area contributed by atoms with Crippen LogP contribution in [0.1, 0.15) is 11.4 Å². The van der Waals surface area contributed by atoms with Crippen molar-refractivity contribution in [3.8, 4) is 0 Å². The molecule has 0 aliphatic heterocycles. The summed E-state index contributed by atoms with van der Waals surface area (Å²) in [6.45, 7) is 3.74. The first-order chi connectivity index (χ1) is 8.54. The molecule has 0 saturated carbocycles. The van der Waals surface area contributed by atoms with Gasteiger partial charge in [0.1, 0.15) is 0 Å². The normalized spacial score (nSPS) is 9.58. The summed E-state index contributed by atoms with van der Waals surface area (Å²) in [5.74, 6) is 0.438. The highest BCUT2D eigenvalue weighted by Gasteiger charge is 2.06. The summed E-state index contributed by atoms with van der Waals surface area (Å²) in [5, 5.41) is 13.6. The predicted octanol–water partition coefficient (Wildman–Crippen LogP) is 3.17. The Morgan fingerprint density at radius 3 is 2.37 bits per heavy atom. The quantitative estimate of drug-likeness (QED) is 0.690. The third-order valence-electron chi connectivity index (χ3n) is 2.30. The lowest BCUT2D eigenvalue weighted by atomic mass is 10.3. The molecule has 1 aromatic heterocycles. The summed E-state index contributed by atoms with van der Waals surface area (Å²) >= 11 is 0. The van der Waals surface area contributed by atoms with Crippen LogP contribution in [-0.4, -0.2) is 14.9 Å². The Kier molecular flexibility index (Phi) is 4.77. The lowest BCUT2D eigenvalue weighted by Gasteiger charge is -2.06. The molecule has 0 aliphatic rings. The first-order valence-electron chi connectivity index (χ1n) is 5.38. The third kappa shape index (κ3) is 3.89. The second-order valence-corrected chi connectivity index (χ2v) is 3.91. The van der Waals surface area contributed by atoms with Gasteiger partial charge in [0.2, 0.25) is 5.95 Å². The van der Waals surface area contributed by atoms with Gasteiger partial charge >= 0.3 is 0 Å². The summed E-state index contributed by atoms with van der Waals surface area (Å²) in [6.07, 6.45) is 0. The fourth-order valence-corrected chi connectivity index (χ4v) is 1.61. The number of aryl methyl sites for hydroxylation is 2. The van der Waals surface area contributed by atoms with Crippen LogP contribution in [0, 0.1) is 24.0 Å². The van der Waals surface area contributed by atoms with Crippen LogP contribution >= 0.6 is 12.4 Å². The highest BCUT2D eigenvalue weighted by molar-refractivity contribution is 5.85. The summed E-state index contributed by atoms with van der Waals surface area (Å²) in [6, 6.07) is 8.09. The standard InChI is InChI=1S/C12H12N4O2.ClH/c1-8-6-9(2)14-12(13-8)15-10-4-3-5-11(7-10)16(17)18;/h3-7H,1-2H3,(H,13,14,15);1H. The Hall–Kier alpha value is -2.21. The molecule has 0 radical (unpaired) electrons. The number of halogens is 1. The van der Waals surface area contributed by atoms with E-state index in [2.05, 4.69) is 15.3 Å². The highest BCUT2D eigenvalue weighted by atomic mass is 35.5. The van der Waals surface area contributed by atoms with Crippen LogP contribution < -0.4 is 5.32 Å². The van der Waals surface area contributed by atoms with E-state index in [0.29, 0.717) is 11.6 Å². The molecule has 0 saturated heterocycles. The first-order valence-corrected chi connectivity index (χ1v) is 5.38. The van der Waals surface area contributed by atoms with Crippen LogP contribution in [0.2, 0.25) is 0 Å². The molecule has 2 aromatic rings. The Morgan fingerprint density at radius 2 is 1.79 bits per heavy atom. The number of nitrogens with one attached hydrogen (secondary N) is 1. The molecule has 0 bridgehead atoms. The van der Waals surface area contributed by atoms with Crippen molar-refractivity contribution in [2.24, 2.45) is 0 Å². The molecule has 0 aliphatic carbocycles. The second-order valence-electron chi connectivity index (χ2n) is 3.91. The van der Waals surface area contributed by atoms with Gasteiger partial charge in [0.05, 0.1) is 4.92 Å². The van der Waals surface area contributed by atoms with Crippen molar-refractivity contribution in [1.29, 1.82) is 0 Å². The molecular weight excluding hydrogens is 268 g/mol. The number of aromatic nitrogens is 2. The van der Waals surface area contributed by atoms with Gasteiger partial charge in [-0.2, -0.15) is 0 Å². The van der Waals surface area contributed by atoms with E-state index < -0.39 is 4.92 Å². The Balaban J connectivity index is 0.00000180. The van der Waals surface area contributed by atoms with Gasteiger partial charge in [0.15, 0.2) is 0 Å². The number of nitrogens with zero attached hydrogens (tertiary/aromatic N) is 3. The van der Waals surface area contributed by atoms with Crippen molar-refractivity contribution < 1.29 is 4.92 Å². The van der Waals surface area contributed by atoms with E-state index in [0.717, 1.165) is 11.4 Å². The first kappa shape index (κ1) is 14.8. The van der Waals surface area contributed by atoms with E-state index in [1.54, 1.807) is 12.1 Å². The molecule has 6 nitrogen and oxygen atoms in total. The lowest BCUT2D eigenvalue weighted by Crippen LogP contribution is -2.00. The van der Waals surface area contributed by atoms with Crippen molar-refractivity contribution in [2.75, 3.05) is 5.32 Å². The van der Waals surface area contributed by atoms with Crippen LogP contribution in [0.25, 0.3) is 0 Å².